The summed E-state index contributed by atoms with van der Waals surface area (Å²) in [6, 6.07) is 5.23. The van der Waals surface area contributed by atoms with E-state index in [0.29, 0.717) is 34.4 Å². The molecule has 0 aliphatic rings. The summed E-state index contributed by atoms with van der Waals surface area (Å²) in [5, 5.41) is 7.53. The molecular weight excluding hydrogens is 327 g/mol. The van der Waals surface area contributed by atoms with Gasteiger partial charge in [-0.1, -0.05) is 34.4 Å². The van der Waals surface area contributed by atoms with Crippen LogP contribution < -0.4 is 5.32 Å². The van der Waals surface area contributed by atoms with Crippen LogP contribution >= 0.6 is 23.2 Å². The third-order valence-corrected chi connectivity index (χ3v) is 3.61. The van der Waals surface area contributed by atoms with Crippen LogP contribution in [0.1, 0.15) is 22.1 Å². The van der Waals surface area contributed by atoms with Crippen LogP contribution in [0.5, 0.6) is 0 Å². The Kier molecular flexibility index (Phi) is 5.76. The lowest BCUT2D eigenvalue weighted by atomic mass is 10.1. The van der Waals surface area contributed by atoms with Crippen molar-refractivity contribution in [2.24, 2.45) is 0 Å². The summed E-state index contributed by atoms with van der Waals surface area (Å²) in [5.74, 6) is -0.115. The van der Waals surface area contributed by atoms with Gasteiger partial charge in [0.15, 0.2) is 5.82 Å². The van der Waals surface area contributed by atoms with Gasteiger partial charge in [0.25, 0.3) is 0 Å². The average molecular weight is 343 g/mol. The van der Waals surface area contributed by atoms with Gasteiger partial charge in [0.1, 0.15) is 0 Å². The van der Waals surface area contributed by atoms with Crippen LogP contribution in [-0.4, -0.2) is 48.1 Å². The van der Waals surface area contributed by atoms with Gasteiger partial charge in [-0.2, -0.15) is 4.98 Å². The molecule has 0 unspecified atom stereocenters. The van der Waals surface area contributed by atoms with Gasteiger partial charge in [0.05, 0.1) is 0 Å². The monoisotopic (exact) mass is 342 g/mol. The second-order valence-corrected chi connectivity index (χ2v) is 5.77. The number of carbonyl (C=O) groups excluding carboxylic acids is 1. The Morgan fingerprint density at radius 3 is 2.64 bits per heavy atom. The lowest BCUT2D eigenvalue weighted by Gasteiger charge is -2.08. The van der Waals surface area contributed by atoms with Gasteiger partial charge >= 0.3 is 11.8 Å². The fraction of sp³-hybridized carbons (Fsp3) is 0.357. The number of halogens is 2. The summed E-state index contributed by atoms with van der Waals surface area (Å²) in [6.45, 7) is 1.22. The predicted octanol–water partition coefficient (Wildman–Crippen LogP) is 2.26. The lowest BCUT2D eigenvalue weighted by Crippen LogP contribution is -2.31. The van der Waals surface area contributed by atoms with Gasteiger partial charge in [-0.15, -0.1) is 0 Å². The first-order chi connectivity index (χ1) is 10.5. The first-order valence-electron chi connectivity index (χ1n) is 6.65. The second kappa shape index (κ2) is 7.58. The summed E-state index contributed by atoms with van der Waals surface area (Å²) < 4.78 is 4.96. The van der Waals surface area contributed by atoms with E-state index in [-0.39, 0.29) is 5.89 Å². The number of nitrogens with one attached hydrogen (secondary N) is 1. The molecule has 2 rings (SSSR count). The number of aromatic nitrogens is 2. The van der Waals surface area contributed by atoms with Crippen LogP contribution in [0.3, 0.4) is 0 Å². The zero-order valence-corrected chi connectivity index (χ0v) is 13.8. The van der Waals surface area contributed by atoms with Crippen molar-refractivity contribution in [2.75, 3.05) is 27.2 Å². The molecule has 6 nitrogen and oxygen atoms in total. The number of amides is 1. The summed E-state index contributed by atoms with van der Waals surface area (Å²) in [7, 11) is 3.84. The molecule has 0 atom stereocenters. The van der Waals surface area contributed by atoms with Crippen LogP contribution in [0.15, 0.2) is 22.7 Å². The minimum Gasteiger partial charge on any atom is -0.347 e. The highest BCUT2D eigenvalue weighted by Crippen LogP contribution is 2.26. The Morgan fingerprint density at radius 1 is 1.32 bits per heavy atom. The van der Waals surface area contributed by atoms with E-state index in [4.69, 9.17) is 27.7 Å². The largest absolute Gasteiger partial charge is 0.347 e. The summed E-state index contributed by atoms with van der Waals surface area (Å²) in [5.41, 5.74) is 0.700. The van der Waals surface area contributed by atoms with Gasteiger partial charge in [-0.3, -0.25) is 4.79 Å². The maximum atomic E-state index is 11.8. The lowest BCUT2D eigenvalue weighted by molar-refractivity contribution is 0.0907. The maximum Gasteiger partial charge on any atom is 0.315 e. The molecule has 0 fully saturated rings. The first-order valence-corrected chi connectivity index (χ1v) is 7.41. The molecule has 0 spiro atoms. The Bertz CT molecular complexity index is 638. The fourth-order valence-electron chi connectivity index (χ4n) is 1.75. The van der Waals surface area contributed by atoms with Crippen molar-refractivity contribution in [1.29, 1.82) is 0 Å². The molecule has 1 amide bonds. The van der Waals surface area contributed by atoms with Gasteiger partial charge in [0.2, 0.25) is 0 Å². The molecule has 0 radical (unpaired) electrons. The number of rotatable bonds is 6. The molecule has 1 aromatic heterocycles. The number of benzene rings is 1. The fourth-order valence-corrected chi connectivity index (χ4v) is 2.28. The highest BCUT2D eigenvalue weighted by atomic mass is 35.5. The Morgan fingerprint density at radius 2 is 2.00 bits per heavy atom. The zero-order valence-electron chi connectivity index (χ0n) is 12.3. The summed E-state index contributed by atoms with van der Waals surface area (Å²) >= 11 is 12.2. The zero-order chi connectivity index (χ0) is 16.1. The summed E-state index contributed by atoms with van der Waals surface area (Å²) in [6.07, 6.45) is 0.299. The minimum atomic E-state index is -0.397. The van der Waals surface area contributed by atoms with Gasteiger partial charge in [0, 0.05) is 29.6 Å². The minimum absolute atomic E-state index is 0.0723. The first kappa shape index (κ1) is 16.7. The molecule has 22 heavy (non-hydrogen) atoms. The van der Waals surface area contributed by atoms with Crippen molar-refractivity contribution in [1.82, 2.24) is 20.4 Å². The molecule has 1 aromatic carbocycles. The van der Waals surface area contributed by atoms with Crippen molar-refractivity contribution in [3.8, 4) is 0 Å². The van der Waals surface area contributed by atoms with Crippen LogP contribution in [0.2, 0.25) is 10.0 Å². The standard InChI is InChI=1S/C14H16Cl2N4O2/c1-20(2)7-6-17-13(21)14-18-12(19-22-14)8-9-10(15)4-3-5-11(9)16/h3-5H,6-8H2,1-2H3,(H,17,21). The number of hydrogen-bond acceptors (Lipinski definition) is 5. The molecule has 0 aliphatic heterocycles. The predicted molar refractivity (Wildman–Crippen MR) is 84.5 cm³/mol. The van der Waals surface area contributed by atoms with Crippen LogP contribution in [-0.2, 0) is 6.42 Å². The van der Waals surface area contributed by atoms with Crippen LogP contribution in [0, 0.1) is 0 Å². The van der Waals surface area contributed by atoms with E-state index in [1.165, 1.54) is 0 Å². The van der Waals surface area contributed by atoms with Crippen molar-refractivity contribution in [3.63, 3.8) is 0 Å². The molecular formula is C14H16Cl2N4O2. The molecule has 0 aliphatic carbocycles. The number of nitrogens with zero attached hydrogens (tertiary/aromatic N) is 3. The van der Waals surface area contributed by atoms with E-state index >= 15 is 0 Å². The quantitative estimate of drug-likeness (QED) is 0.871. The number of carbonyl (C=O) groups is 1. The highest BCUT2D eigenvalue weighted by molar-refractivity contribution is 6.36. The Hall–Kier alpha value is -1.63. The van der Waals surface area contributed by atoms with Gasteiger partial charge in [-0.05, 0) is 31.8 Å². The maximum absolute atomic E-state index is 11.8. The molecule has 0 bridgehead atoms. The molecule has 1 heterocycles. The molecule has 1 N–H and O–H groups in total. The average Bonchev–Trinajstić information content (AvgIpc) is 2.91. The molecule has 0 saturated carbocycles. The van der Waals surface area contributed by atoms with E-state index in [0.717, 1.165) is 6.54 Å². The van der Waals surface area contributed by atoms with E-state index in [1.807, 2.05) is 19.0 Å². The number of likely N-dealkylation sites (N-methyl/N-ethyl adjacent to an activating group) is 1. The second-order valence-electron chi connectivity index (χ2n) is 4.95. The third kappa shape index (κ3) is 4.43. The van der Waals surface area contributed by atoms with Crippen molar-refractivity contribution >= 4 is 29.1 Å². The smallest absolute Gasteiger partial charge is 0.315 e. The normalized spacial score (nSPS) is 11.0. The molecule has 2 aromatic rings. The van der Waals surface area contributed by atoms with E-state index < -0.39 is 5.91 Å². The summed E-state index contributed by atoms with van der Waals surface area (Å²) in [4.78, 5) is 17.9. The molecule has 118 valence electrons. The highest BCUT2D eigenvalue weighted by Gasteiger charge is 2.16. The van der Waals surface area contributed by atoms with Crippen molar-refractivity contribution in [3.05, 3.63) is 45.5 Å². The Labute approximate surface area is 138 Å². The van der Waals surface area contributed by atoms with Crippen LogP contribution in [0.25, 0.3) is 0 Å². The van der Waals surface area contributed by atoms with Crippen molar-refractivity contribution < 1.29 is 9.32 Å². The van der Waals surface area contributed by atoms with Crippen LogP contribution in [0.4, 0.5) is 0 Å². The molecule has 0 saturated heterocycles. The van der Waals surface area contributed by atoms with Crippen molar-refractivity contribution in [2.45, 2.75) is 6.42 Å². The van der Waals surface area contributed by atoms with Gasteiger partial charge < -0.3 is 14.7 Å². The Balaban J connectivity index is 2.01. The number of hydrogen-bond donors (Lipinski definition) is 1. The van der Waals surface area contributed by atoms with Gasteiger partial charge in [-0.25, -0.2) is 0 Å². The van der Waals surface area contributed by atoms with E-state index in [2.05, 4.69) is 15.5 Å². The SMILES string of the molecule is CN(C)CCNC(=O)c1nc(Cc2c(Cl)cccc2Cl)no1. The topological polar surface area (TPSA) is 71.3 Å². The van der Waals surface area contributed by atoms with E-state index in [1.54, 1.807) is 18.2 Å². The molecule has 8 heteroatoms. The third-order valence-electron chi connectivity index (χ3n) is 2.90. The van der Waals surface area contributed by atoms with E-state index in [9.17, 15) is 4.79 Å².